The summed E-state index contributed by atoms with van der Waals surface area (Å²) in [6, 6.07) is 5.23. The highest BCUT2D eigenvalue weighted by Crippen LogP contribution is 2.10. The average Bonchev–Trinajstić information content (AvgIpc) is 2.49. The number of nitrogens with one attached hydrogen (secondary N) is 1. The van der Waals surface area contributed by atoms with Gasteiger partial charge in [-0.25, -0.2) is 0 Å². The Morgan fingerprint density at radius 1 is 1.38 bits per heavy atom. The molecule has 0 bridgehead atoms. The highest BCUT2D eigenvalue weighted by molar-refractivity contribution is 5.94. The van der Waals surface area contributed by atoms with Gasteiger partial charge in [-0.3, -0.25) is 9.59 Å². The molecule has 0 unspecified atom stereocenters. The molecule has 0 aliphatic rings. The fraction of sp³-hybridized carbons (Fsp3) is 0.375. The number of aliphatic hydroxyl groups excluding tert-OH is 1. The van der Waals surface area contributed by atoms with Crippen molar-refractivity contribution in [3.05, 3.63) is 34.9 Å². The van der Waals surface area contributed by atoms with Crippen molar-refractivity contribution in [2.24, 2.45) is 0 Å². The number of aliphatic hydroxyl groups is 1. The summed E-state index contributed by atoms with van der Waals surface area (Å²) in [5, 5.41) is 11.4. The van der Waals surface area contributed by atoms with Gasteiger partial charge in [0.2, 0.25) is 0 Å². The van der Waals surface area contributed by atoms with E-state index in [1.807, 2.05) is 13.0 Å². The van der Waals surface area contributed by atoms with Crippen LogP contribution >= 0.6 is 0 Å². The van der Waals surface area contributed by atoms with Crippen LogP contribution in [0.3, 0.4) is 0 Å². The number of rotatable bonds is 5. The number of esters is 1. The van der Waals surface area contributed by atoms with Crippen LogP contribution in [0.5, 0.6) is 0 Å². The summed E-state index contributed by atoms with van der Waals surface area (Å²) in [5.41, 5.74) is 2.20. The van der Waals surface area contributed by atoms with Gasteiger partial charge in [-0.05, 0) is 24.6 Å². The Labute approximate surface area is 124 Å². The largest absolute Gasteiger partial charge is 0.469 e. The molecule has 1 aromatic rings. The molecule has 0 heterocycles. The molecule has 0 spiro atoms. The molecule has 0 saturated carbocycles. The van der Waals surface area contributed by atoms with Gasteiger partial charge in [-0.2, -0.15) is 0 Å². The fourth-order valence-corrected chi connectivity index (χ4v) is 1.59. The Morgan fingerprint density at radius 3 is 2.81 bits per heavy atom. The smallest absolute Gasteiger partial charge is 0.307 e. The third kappa shape index (κ3) is 5.67. The topological polar surface area (TPSA) is 75.6 Å². The number of aryl methyl sites for hydroxylation is 1. The maximum atomic E-state index is 12.0. The number of hydrogen-bond acceptors (Lipinski definition) is 4. The van der Waals surface area contributed by atoms with Crippen LogP contribution in [0.15, 0.2) is 18.2 Å². The molecular formula is C16H19NO4. The summed E-state index contributed by atoms with van der Waals surface area (Å²) < 4.78 is 4.50. The lowest BCUT2D eigenvalue weighted by Gasteiger charge is -2.06. The molecule has 0 fully saturated rings. The second kappa shape index (κ2) is 8.77. The minimum absolute atomic E-state index is 0.0136. The normalized spacial score (nSPS) is 9.48. The van der Waals surface area contributed by atoms with Gasteiger partial charge in [-0.1, -0.05) is 17.9 Å². The Kier molecular flexibility index (Phi) is 6.99. The average molecular weight is 289 g/mol. The van der Waals surface area contributed by atoms with E-state index in [0.717, 1.165) is 11.1 Å². The highest BCUT2D eigenvalue weighted by Gasteiger charge is 2.08. The lowest BCUT2D eigenvalue weighted by atomic mass is 10.0. The lowest BCUT2D eigenvalue weighted by Crippen LogP contribution is -2.26. The van der Waals surface area contributed by atoms with Gasteiger partial charge in [-0.15, -0.1) is 0 Å². The van der Waals surface area contributed by atoms with Gasteiger partial charge in [0.25, 0.3) is 5.91 Å². The summed E-state index contributed by atoms with van der Waals surface area (Å²) in [5.74, 6) is 5.13. The number of hydrogen-bond donors (Lipinski definition) is 2. The number of benzene rings is 1. The van der Waals surface area contributed by atoms with Gasteiger partial charge in [0.05, 0.1) is 20.1 Å². The first kappa shape index (κ1) is 16.7. The third-order valence-corrected chi connectivity index (χ3v) is 2.80. The van der Waals surface area contributed by atoms with Crippen LogP contribution in [0, 0.1) is 18.8 Å². The molecule has 0 saturated heterocycles. The minimum Gasteiger partial charge on any atom is -0.469 e. The molecule has 21 heavy (non-hydrogen) atoms. The van der Waals surface area contributed by atoms with Crippen LogP contribution < -0.4 is 5.32 Å². The van der Waals surface area contributed by atoms with Crippen molar-refractivity contribution >= 4 is 11.9 Å². The molecule has 112 valence electrons. The third-order valence-electron chi connectivity index (χ3n) is 2.80. The van der Waals surface area contributed by atoms with E-state index in [-0.39, 0.29) is 31.4 Å². The molecule has 0 aliphatic carbocycles. The van der Waals surface area contributed by atoms with Gasteiger partial charge >= 0.3 is 5.97 Å². The van der Waals surface area contributed by atoms with Crippen LogP contribution in [0.1, 0.15) is 34.3 Å². The van der Waals surface area contributed by atoms with Crippen molar-refractivity contribution in [1.29, 1.82) is 0 Å². The Bertz CT molecular complexity index is 569. The number of carbonyl (C=O) groups excluding carboxylic acids is 2. The van der Waals surface area contributed by atoms with E-state index >= 15 is 0 Å². The first-order valence-corrected chi connectivity index (χ1v) is 6.64. The first-order chi connectivity index (χ1) is 10.1. The summed E-state index contributed by atoms with van der Waals surface area (Å²) in [6.45, 7) is 2.15. The van der Waals surface area contributed by atoms with Crippen LogP contribution in [0.25, 0.3) is 0 Å². The second-order valence-electron chi connectivity index (χ2n) is 4.39. The Balaban J connectivity index is 2.71. The zero-order chi connectivity index (χ0) is 15.7. The molecule has 2 N–H and O–H groups in total. The number of ether oxygens (including phenoxy) is 1. The monoisotopic (exact) mass is 289 g/mol. The molecule has 1 amide bonds. The molecule has 1 rings (SSSR count). The molecule has 0 radical (unpaired) electrons. The second-order valence-corrected chi connectivity index (χ2v) is 4.39. The van der Waals surface area contributed by atoms with Gasteiger partial charge < -0.3 is 15.2 Å². The maximum Gasteiger partial charge on any atom is 0.307 e. The van der Waals surface area contributed by atoms with E-state index in [4.69, 9.17) is 5.11 Å². The van der Waals surface area contributed by atoms with E-state index in [9.17, 15) is 9.59 Å². The van der Waals surface area contributed by atoms with Crippen LogP contribution in [-0.4, -0.2) is 37.2 Å². The maximum absolute atomic E-state index is 12.0. The van der Waals surface area contributed by atoms with E-state index in [1.54, 1.807) is 12.1 Å². The highest BCUT2D eigenvalue weighted by atomic mass is 16.5. The molecule has 5 nitrogen and oxygen atoms in total. The van der Waals surface area contributed by atoms with Gasteiger partial charge in [0, 0.05) is 24.1 Å². The molecule has 1 aromatic carbocycles. The van der Waals surface area contributed by atoms with Crippen LogP contribution in [-0.2, 0) is 9.53 Å². The summed E-state index contributed by atoms with van der Waals surface area (Å²) in [7, 11) is 1.31. The van der Waals surface area contributed by atoms with Gasteiger partial charge in [0.15, 0.2) is 0 Å². The van der Waals surface area contributed by atoms with Gasteiger partial charge in [0.1, 0.15) is 0 Å². The molecular weight excluding hydrogens is 270 g/mol. The first-order valence-electron chi connectivity index (χ1n) is 6.64. The SMILES string of the molecule is COC(=O)CCNC(=O)c1ccc(C)c(C#CCCO)c1. The van der Waals surface area contributed by atoms with Crippen LogP contribution in [0.4, 0.5) is 0 Å². The Morgan fingerprint density at radius 2 is 2.14 bits per heavy atom. The molecule has 0 aliphatic heterocycles. The zero-order valence-corrected chi connectivity index (χ0v) is 12.2. The predicted molar refractivity (Wildman–Crippen MR) is 78.7 cm³/mol. The van der Waals surface area contributed by atoms with E-state index in [0.29, 0.717) is 12.0 Å². The number of amides is 1. The number of methoxy groups -OCH3 is 1. The lowest BCUT2D eigenvalue weighted by molar-refractivity contribution is -0.140. The van der Waals surface area contributed by atoms with Crippen molar-refractivity contribution in [3.63, 3.8) is 0 Å². The van der Waals surface area contributed by atoms with Crippen molar-refractivity contribution in [3.8, 4) is 11.8 Å². The predicted octanol–water partition coefficient (Wildman–Crippen LogP) is 1.02. The summed E-state index contributed by atoms with van der Waals surface area (Å²) >= 11 is 0. The summed E-state index contributed by atoms with van der Waals surface area (Å²) in [4.78, 5) is 22.9. The standard InChI is InChI=1S/C16H19NO4/c1-12-6-7-14(11-13(12)5-3-4-10-18)16(20)17-9-8-15(19)21-2/h6-7,11,18H,4,8-10H2,1-2H3,(H,17,20). The van der Waals surface area contributed by atoms with Crippen molar-refractivity contribution < 1.29 is 19.4 Å². The van der Waals surface area contributed by atoms with E-state index in [1.165, 1.54) is 7.11 Å². The van der Waals surface area contributed by atoms with E-state index in [2.05, 4.69) is 21.9 Å². The summed E-state index contributed by atoms with van der Waals surface area (Å²) in [6.07, 6.45) is 0.534. The fourth-order valence-electron chi connectivity index (χ4n) is 1.59. The van der Waals surface area contributed by atoms with E-state index < -0.39 is 0 Å². The number of carbonyl (C=O) groups is 2. The minimum atomic E-state index is -0.366. The van der Waals surface area contributed by atoms with Crippen molar-refractivity contribution in [2.45, 2.75) is 19.8 Å². The van der Waals surface area contributed by atoms with Crippen molar-refractivity contribution in [1.82, 2.24) is 5.32 Å². The van der Waals surface area contributed by atoms with Crippen molar-refractivity contribution in [2.75, 3.05) is 20.3 Å². The molecule has 5 heteroatoms. The molecule has 0 atom stereocenters. The molecule has 0 aromatic heterocycles. The Hall–Kier alpha value is -2.32. The van der Waals surface area contributed by atoms with Crippen LogP contribution in [0.2, 0.25) is 0 Å². The zero-order valence-electron chi connectivity index (χ0n) is 12.2. The quantitative estimate of drug-likeness (QED) is 0.627.